The van der Waals surface area contributed by atoms with Crippen molar-refractivity contribution in [1.82, 2.24) is 4.98 Å². The molecule has 0 radical (unpaired) electrons. The second-order valence-corrected chi connectivity index (χ2v) is 4.17. The predicted octanol–water partition coefficient (Wildman–Crippen LogP) is 2.19. The Kier molecular flexibility index (Phi) is 4.84. The highest BCUT2D eigenvalue weighted by molar-refractivity contribution is 7.14. The summed E-state index contributed by atoms with van der Waals surface area (Å²) in [5.41, 5.74) is 0. The van der Waals surface area contributed by atoms with Crippen LogP contribution in [0.4, 0.5) is 5.13 Å². The number of thiazole rings is 1. The SMILES string of the molecule is CCCN(CC(=O)OC)c1nc(Cl)cs1. The number of nitrogens with zero attached hydrogens (tertiary/aromatic N) is 2. The van der Waals surface area contributed by atoms with E-state index < -0.39 is 0 Å². The molecule has 1 rings (SSSR count). The molecule has 0 saturated carbocycles. The summed E-state index contributed by atoms with van der Waals surface area (Å²) in [7, 11) is 1.38. The average molecular weight is 249 g/mol. The molecular formula is C9H13ClN2O2S. The lowest BCUT2D eigenvalue weighted by Crippen LogP contribution is -2.31. The zero-order valence-corrected chi connectivity index (χ0v) is 10.3. The Hall–Kier alpha value is -0.810. The number of hydrogen-bond donors (Lipinski definition) is 0. The van der Waals surface area contributed by atoms with E-state index in [0.29, 0.717) is 5.15 Å². The van der Waals surface area contributed by atoms with E-state index in [4.69, 9.17) is 11.6 Å². The molecule has 6 heteroatoms. The smallest absolute Gasteiger partial charge is 0.325 e. The molecule has 0 unspecified atom stereocenters. The summed E-state index contributed by atoms with van der Waals surface area (Å²) >= 11 is 7.16. The standard InChI is InChI=1S/C9H13ClN2O2S/c1-3-4-12(5-8(13)14-2)9-11-7(10)6-15-9/h6H,3-5H2,1-2H3. The Morgan fingerprint density at radius 3 is 2.93 bits per heavy atom. The molecule has 0 N–H and O–H groups in total. The highest BCUT2D eigenvalue weighted by atomic mass is 35.5. The van der Waals surface area contributed by atoms with Gasteiger partial charge in [-0.1, -0.05) is 18.5 Å². The van der Waals surface area contributed by atoms with Crippen molar-refractivity contribution < 1.29 is 9.53 Å². The minimum Gasteiger partial charge on any atom is -0.468 e. The van der Waals surface area contributed by atoms with E-state index in [0.717, 1.165) is 18.1 Å². The third-order valence-corrected chi connectivity index (χ3v) is 3.00. The lowest BCUT2D eigenvalue weighted by atomic mass is 10.4. The highest BCUT2D eigenvalue weighted by Gasteiger charge is 2.14. The molecule has 0 bridgehead atoms. The maximum atomic E-state index is 11.2. The molecule has 0 aliphatic rings. The second kappa shape index (κ2) is 5.92. The molecule has 15 heavy (non-hydrogen) atoms. The second-order valence-electron chi connectivity index (χ2n) is 2.95. The molecule has 0 aliphatic heterocycles. The lowest BCUT2D eigenvalue weighted by Gasteiger charge is -2.19. The largest absolute Gasteiger partial charge is 0.468 e. The van der Waals surface area contributed by atoms with Crippen LogP contribution in [0.1, 0.15) is 13.3 Å². The number of esters is 1. The Morgan fingerprint density at radius 2 is 2.47 bits per heavy atom. The lowest BCUT2D eigenvalue weighted by molar-refractivity contribution is -0.138. The van der Waals surface area contributed by atoms with Crippen molar-refractivity contribution >= 4 is 34.0 Å². The normalized spacial score (nSPS) is 10.1. The molecule has 0 atom stereocenters. The van der Waals surface area contributed by atoms with Gasteiger partial charge in [0, 0.05) is 11.9 Å². The van der Waals surface area contributed by atoms with Crippen LogP contribution in [-0.2, 0) is 9.53 Å². The van der Waals surface area contributed by atoms with E-state index in [-0.39, 0.29) is 12.5 Å². The number of rotatable bonds is 5. The van der Waals surface area contributed by atoms with E-state index in [1.807, 2.05) is 11.8 Å². The maximum absolute atomic E-state index is 11.2. The van der Waals surface area contributed by atoms with Crippen molar-refractivity contribution in [2.24, 2.45) is 0 Å². The zero-order chi connectivity index (χ0) is 11.3. The number of halogens is 1. The van der Waals surface area contributed by atoms with Gasteiger partial charge in [-0.15, -0.1) is 11.3 Å². The summed E-state index contributed by atoms with van der Waals surface area (Å²) in [6.45, 7) is 3.02. The van der Waals surface area contributed by atoms with Crippen molar-refractivity contribution in [3.05, 3.63) is 10.5 Å². The molecule has 1 heterocycles. The molecule has 0 fully saturated rings. The average Bonchev–Trinajstić information content (AvgIpc) is 2.64. The number of aromatic nitrogens is 1. The summed E-state index contributed by atoms with van der Waals surface area (Å²) in [5, 5.41) is 2.96. The fraction of sp³-hybridized carbons (Fsp3) is 0.556. The van der Waals surface area contributed by atoms with Crippen molar-refractivity contribution in [1.29, 1.82) is 0 Å². The van der Waals surface area contributed by atoms with Crippen molar-refractivity contribution in [3.8, 4) is 0 Å². The van der Waals surface area contributed by atoms with E-state index in [9.17, 15) is 4.79 Å². The van der Waals surface area contributed by atoms with Gasteiger partial charge >= 0.3 is 5.97 Å². The number of anilines is 1. The van der Waals surface area contributed by atoms with Gasteiger partial charge in [0.25, 0.3) is 0 Å². The van der Waals surface area contributed by atoms with Gasteiger partial charge in [-0.3, -0.25) is 4.79 Å². The van der Waals surface area contributed by atoms with Crippen LogP contribution >= 0.6 is 22.9 Å². The summed E-state index contributed by atoms with van der Waals surface area (Å²) < 4.78 is 4.62. The van der Waals surface area contributed by atoms with E-state index >= 15 is 0 Å². The van der Waals surface area contributed by atoms with E-state index in [1.165, 1.54) is 18.4 Å². The van der Waals surface area contributed by atoms with Gasteiger partial charge in [-0.05, 0) is 6.42 Å². The van der Waals surface area contributed by atoms with Crippen LogP contribution in [0.15, 0.2) is 5.38 Å². The number of ether oxygens (including phenoxy) is 1. The van der Waals surface area contributed by atoms with Gasteiger partial charge in [0.1, 0.15) is 11.7 Å². The monoisotopic (exact) mass is 248 g/mol. The van der Waals surface area contributed by atoms with Crippen molar-refractivity contribution in [3.63, 3.8) is 0 Å². The topological polar surface area (TPSA) is 42.4 Å². The van der Waals surface area contributed by atoms with Crippen molar-refractivity contribution in [2.75, 3.05) is 25.1 Å². The Morgan fingerprint density at radius 1 is 1.73 bits per heavy atom. The van der Waals surface area contributed by atoms with E-state index in [1.54, 1.807) is 5.38 Å². The van der Waals surface area contributed by atoms with Gasteiger partial charge in [0.15, 0.2) is 5.13 Å². The summed E-state index contributed by atoms with van der Waals surface area (Å²) in [5.74, 6) is -0.269. The Balaban J connectivity index is 2.69. The van der Waals surface area contributed by atoms with Crippen LogP contribution in [0.3, 0.4) is 0 Å². The maximum Gasteiger partial charge on any atom is 0.325 e. The van der Waals surface area contributed by atoms with Crippen LogP contribution in [0.2, 0.25) is 5.15 Å². The molecule has 0 aromatic carbocycles. The van der Waals surface area contributed by atoms with Crippen LogP contribution in [0.25, 0.3) is 0 Å². The molecule has 4 nitrogen and oxygen atoms in total. The van der Waals surface area contributed by atoms with E-state index in [2.05, 4.69) is 9.72 Å². The number of hydrogen-bond acceptors (Lipinski definition) is 5. The van der Waals surface area contributed by atoms with Crippen molar-refractivity contribution in [2.45, 2.75) is 13.3 Å². The third kappa shape index (κ3) is 3.68. The van der Waals surface area contributed by atoms with Gasteiger partial charge in [-0.2, -0.15) is 0 Å². The summed E-state index contributed by atoms with van der Waals surface area (Å²) in [4.78, 5) is 17.1. The molecule has 0 aliphatic carbocycles. The van der Waals surface area contributed by atoms with Crippen LogP contribution in [0.5, 0.6) is 0 Å². The zero-order valence-electron chi connectivity index (χ0n) is 8.70. The minimum atomic E-state index is -0.269. The molecular weight excluding hydrogens is 236 g/mol. The first-order valence-corrected chi connectivity index (χ1v) is 5.86. The number of methoxy groups -OCH3 is 1. The fourth-order valence-electron chi connectivity index (χ4n) is 1.12. The Bertz CT molecular complexity index is 330. The highest BCUT2D eigenvalue weighted by Crippen LogP contribution is 2.23. The summed E-state index contributed by atoms with van der Waals surface area (Å²) in [6, 6.07) is 0. The first-order chi connectivity index (χ1) is 7.17. The first kappa shape index (κ1) is 12.3. The fourth-order valence-corrected chi connectivity index (χ4v) is 2.10. The molecule has 1 aromatic rings. The van der Waals surface area contributed by atoms with Gasteiger partial charge in [-0.25, -0.2) is 4.98 Å². The number of carbonyl (C=O) groups excluding carboxylic acids is 1. The molecule has 84 valence electrons. The quantitative estimate of drug-likeness (QED) is 0.750. The van der Waals surface area contributed by atoms with Crippen LogP contribution in [0, 0.1) is 0 Å². The molecule has 1 aromatic heterocycles. The van der Waals surface area contributed by atoms with Gasteiger partial charge < -0.3 is 9.64 Å². The predicted molar refractivity (Wildman–Crippen MR) is 61.6 cm³/mol. The molecule has 0 saturated heterocycles. The minimum absolute atomic E-state index is 0.216. The van der Waals surface area contributed by atoms with Gasteiger partial charge in [0.2, 0.25) is 0 Å². The molecule has 0 amide bonds. The molecule has 0 spiro atoms. The van der Waals surface area contributed by atoms with Crippen LogP contribution < -0.4 is 4.90 Å². The third-order valence-electron chi connectivity index (χ3n) is 1.78. The first-order valence-electron chi connectivity index (χ1n) is 4.60. The van der Waals surface area contributed by atoms with Gasteiger partial charge in [0.05, 0.1) is 7.11 Å². The summed E-state index contributed by atoms with van der Waals surface area (Å²) in [6.07, 6.45) is 0.939. The van der Waals surface area contributed by atoms with Crippen LogP contribution in [-0.4, -0.2) is 31.2 Å². The Labute approximate surface area is 97.8 Å². The number of carbonyl (C=O) groups is 1.